The molecule has 0 spiro atoms. The van der Waals surface area contributed by atoms with Gasteiger partial charge in [-0.2, -0.15) is 5.26 Å². The van der Waals surface area contributed by atoms with Crippen molar-refractivity contribution in [1.82, 2.24) is 14.0 Å². The minimum absolute atomic E-state index is 0. The molecule has 2 N–H and O–H groups in total. The predicted molar refractivity (Wildman–Crippen MR) is 134 cm³/mol. The maximum absolute atomic E-state index is 13.3. The van der Waals surface area contributed by atoms with Gasteiger partial charge in [-0.05, 0) is 44.2 Å². The fourth-order valence-electron chi connectivity index (χ4n) is 4.32. The Hall–Kier alpha value is -3.25. The van der Waals surface area contributed by atoms with Gasteiger partial charge in [0.05, 0.1) is 18.8 Å². The molecular weight excluding hydrogens is 454 g/mol. The summed E-state index contributed by atoms with van der Waals surface area (Å²) >= 11 is 0. The Morgan fingerprint density at radius 2 is 1.79 bits per heavy atom. The van der Waals surface area contributed by atoms with E-state index in [1.807, 2.05) is 42.3 Å². The number of rotatable bonds is 6. The van der Waals surface area contributed by atoms with Crippen LogP contribution in [0.25, 0.3) is 11.1 Å². The molecule has 1 amide bonds. The van der Waals surface area contributed by atoms with Crippen LogP contribution in [-0.2, 0) is 18.3 Å². The fourth-order valence-corrected chi connectivity index (χ4v) is 4.32. The molecule has 0 aliphatic carbocycles. The second-order valence-corrected chi connectivity index (χ2v) is 8.36. The molecule has 3 heterocycles. The van der Waals surface area contributed by atoms with Crippen molar-refractivity contribution >= 4 is 24.0 Å². The summed E-state index contributed by atoms with van der Waals surface area (Å²) in [4.78, 5) is 15.6. The molecule has 0 saturated carbocycles. The number of nitrogens with zero attached hydrogens (tertiary/aromatic N) is 4. The van der Waals surface area contributed by atoms with Crippen LogP contribution in [0.1, 0.15) is 27.4 Å². The average molecular weight is 484 g/mol. The first kappa shape index (κ1) is 25.4. The Kier molecular flexibility index (Phi) is 8.05. The number of amides is 1. The van der Waals surface area contributed by atoms with Crippen LogP contribution in [-0.4, -0.2) is 57.9 Å². The number of aromatic hydroxyl groups is 1. The van der Waals surface area contributed by atoms with Gasteiger partial charge in [0.2, 0.25) is 0 Å². The van der Waals surface area contributed by atoms with E-state index in [1.54, 1.807) is 12.1 Å². The third-order valence-corrected chi connectivity index (χ3v) is 6.35. The molecule has 34 heavy (non-hydrogen) atoms. The summed E-state index contributed by atoms with van der Waals surface area (Å²) in [5, 5.41) is 22.2. The molecule has 1 aliphatic heterocycles. The van der Waals surface area contributed by atoms with Crippen LogP contribution >= 0.6 is 12.4 Å². The van der Waals surface area contributed by atoms with E-state index in [1.165, 1.54) is 12.1 Å². The number of carbonyl (C=O) groups is 1. The molecule has 0 unspecified atom stereocenters. The number of phenolic OH excluding ortho intramolecular Hbond substituents is 1. The fraction of sp³-hybridized carbons (Fsp3) is 0.360. The van der Waals surface area contributed by atoms with Crippen molar-refractivity contribution in [2.45, 2.75) is 20.4 Å². The number of nitrogens with one attached hydrogen (secondary N) is 1. The zero-order valence-corrected chi connectivity index (χ0v) is 20.5. The Labute approximate surface area is 205 Å². The number of anilines is 1. The van der Waals surface area contributed by atoms with Gasteiger partial charge in [-0.1, -0.05) is 0 Å². The number of benzene rings is 1. The second-order valence-electron chi connectivity index (χ2n) is 8.36. The third kappa shape index (κ3) is 5.12. The summed E-state index contributed by atoms with van der Waals surface area (Å²) in [5.74, 6) is -0.0876. The van der Waals surface area contributed by atoms with E-state index in [4.69, 9.17) is 4.74 Å². The number of phenols is 1. The average Bonchev–Trinajstić information content (AvgIpc) is 3.29. The van der Waals surface area contributed by atoms with Crippen molar-refractivity contribution in [3.8, 4) is 22.9 Å². The Balaban J connectivity index is 0.00000324. The third-order valence-electron chi connectivity index (χ3n) is 6.35. The monoisotopic (exact) mass is 483 g/mol. The van der Waals surface area contributed by atoms with Crippen molar-refractivity contribution in [2.24, 2.45) is 7.05 Å². The van der Waals surface area contributed by atoms with Gasteiger partial charge in [0.1, 0.15) is 17.5 Å². The van der Waals surface area contributed by atoms with E-state index < -0.39 is 0 Å². The molecule has 0 atom stereocenters. The van der Waals surface area contributed by atoms with E-state index >= 15 is 0 Å². The maximum atomic E-state index is 13.3. The van der Waals surface area contributed by atoms with E-state index in [-0.39, 0.29) is 24.1 Å². The number of hydrogen-bond acceptors (Lipinski definition) is 5. The van der Waals surface area contributed by atoms with Crippen LogP contribution in [0.4, 0.5) is 5.69 Å². The highest BCUT2D eigenvalue weighted by Crippen LogP contribution is 2.33. The van der Waals surface area contributed by atoms with Crippen molar-refractivity contribution < 1.29 is 14.6 Å². The van der Waals surface area contributed by atoms with Crippen molar-refractivity contribution in [3.63, 3.8) is 0 Å². The van der Waals surface area contributed by atoms with Gasteiger partial charge in [0, 0.05) is 67.6 Å². The molecule has 1 aromatic carbocycles. The first-order chi connectivity index (χ1) is 15.9. The number of halogens is 1. The Bertz CT molecular complexity index is 1200. The topological polar surface area (TPSA) is 95.5 Å². The lowest BCUT2D eigenvalue weighted by Gasteiger charge is -2.27. The molecule has 1 fully saturated rings. The number of aryl methyl sites for hydroxylation is 1. The number of morpholine rings is 1. The molecule has 0 bridgehead atoms. The number of carbonyl (C=O) groups excluding carboxylic acids is 1. The molecule has 3 aromatic rings. The largest absolute Gasteiger partial charge is 0.508 e. The molecule has 4 rings (SSSR count). The molecule has 1 aliphatic rings. The maximum Gasteiger partial charge on any atom is 0.258 e. The predicted octanol–water partition coefficient (Wildman–Crippen LogP) is 3.69. The van der Waals surface area contributed by atoms with E-state index in [2.05, 4.69) is 16.3 Å². The van der Waals surface area contributed by atoms with Gasteiger partial charge >= 0.3 is 0 Å². The lowest BCUT2D eigenvalue weighted by molar-refractivity contribution is 0.0363. The molecular formula is C25H30ClN5O3. The quantitative estimate of drug-likeness (QED) is 0.521. The molecule has 1 saturated heterocycles. The van der Waals surface area contributed by atoms with Crippen LogP contribution in [0.2, 0.25) is 0 Å². The molecule has 0 radical (unpaired) electrons. The molecule has 180 valence electrons. The minimum atomic E-state index is -0.229. The van der Waals surface area contributed by atoms with Gasteiger partial charge in [-0.3, -0.25) is 9.69 Å². The highest BCUT2D eigenvalue weighted by Gasteiger charge is 2.24. The van der Waals surface area contributed by atoms with Crippen molar-refractivity contribution in [1.29, 1.82) is 5.26 Å². The summed E-state index contributed by atoms with van der Waals surface area (Å²) in [6, 6.07) is 10.6. The summed E-state index contributed by atoms with van der Waals surface area (Å²) in [5.41, 5.74) is 5.23. The van der Waals surface area contributed by atoms with E-state index in [0.717, 1.165) is 55.4 Å². The standard InChI is InChI=1S/C25H29N5O3.ClH/c1-17-22(14-20(15-26)30(17)9-8-29-10-12-33-13-11-29)23-16-28(3)18(2)24(23)25(32)27-19-4-6-21(31)7-5-19;/h4-7,14,16,31H,8-13H2,1-3H3,(H,27,32);1H. The molecule has 8 nitrogen and oxygen atoms in total. The lowest BCUT2D eigenvalue weighted by atomic mass is 10.0. The Morgan fingerprint density at radius 1 is 1.12 bits per heavy atom. The summed E-state index contributed by atoms with van der Waals surface area (Å²) in [6.07, 6.45) is 1.94. The van der Waals surface area contributed by atoms with Gasteiger partial charge in [-0.15, -0.1) is 12.4 Å². The first-order valence-corrected chi connectivity index (χ1v) is 11.1. The van der Waals surface area contributed by atoms with Crippen LogP contribution < -0.4 is 5.32 Å². The van der Waals surface area contributed by atoms with Crippen LogP contribution in [0, 0.1) is 25.2 Å². The van der Waals surface area contributed by atoms with Gasteiger partial charge < -0.3 is 24.3 Å². The highest BCUT2D eigenvalue weighted by molar-refractivity contribution is 6.10. The number of aromatic nitrogens is 2. The van der Waals surface area contributed by atoms with Crippen LogP contribution in [0.5, 0.6) is 5.75 Å². The minimum Gasteiger partial charge on any atom is -0.508 e. The Morgan fingerprint density at radius 3 is 2.44 bits per heavy atom. The second kappa shape index (κ2) is 10.8. The molecule has 9 heteroatoms. The van der Waals surface area contributed by atoms with E-state index in [9.17, 15) is 15.2 Å². The zero-order chi connectivity index (χ0) is 23.5. The van der Waals surface area contributed by atoms with Crippen LogP contribution in [0.15, 0.2) is 36.5 Å². The highest BCUT2D eigenvalue weighted by atomic mass is 35.5. The van der Waals surface area contributed by atoms with Crippen molar-refractivity contribution in [3.05, 3.63) is 59.2 Å². The number of hydrogen-bond donors (Lipinski definition) is 2. The summed E-state index contributed by atoms with van der Waals surface area (Å²) in [7, 11) is 1.91. The van der Waals surface area contributed by atoms with Gasteiger partial charge in [-0.25, -0.2) is 0 Å². The smallest absolute Gasteiger partial charge is 0.258 e. The summed E-state index contributed by atoms with van der Waals surface area (Å²) < 4.78 is 9.39. The summed E-state index contributed by atoms with van der Waals surface area (Å²) in [6.45, 7) is 8.73. The molecule has 2 aromatic heterocycles. The number of nitriles is 1. The van der Waals surface area contributed by atoms with E-state index in [0.29, 0.717) is 23.5 Å². The SMILES string of the molecule is Cc1c(C(=O)Nc2ccc(O)cc2)c(-c2cc(C#N)n(CCN3CCOCC3)c2C)cn1C.Cl. The zero-order valence-electron chi connectivity index (χ0n) is 19.7. The van der Waals surface area contributed by atoms with Crippen LogP contribution in [0.3, 0.4) is 0 Å². The lowest BCUT2D eigenvalue weighted by Crippen LogP contribution is -2.38. The van der Waals surface area contributed by atoms with Crippen molar-refractivity contribution in [2.75, 3.05) is 38.2 Å². The van der Waals surface area contributed by atoms with Gasteiger partial charge in [0.25, 0.3) is 5.91 Å². The van der Waals surface area contributed by atoms with Gasteiger partial charge in [0.15, 0.2) is 0 Å². The normalized spacial score (nSPS) is 13.8. The number of ether oxygens (including phenoxy) is 1. The first-order valence-electron chi connectivity index (χ1n) is 11.1.